The first-order valence-electron chi connectivity index (χ1n) is 6.82. The third-order valence-electron chi connectivity index (χ3n) is 3.71. The van der Waals surface area contributed by atoms with Gasteiger partial charge in [0.25, 0.3) is 0 Å². The minimum atomic E-state index is -0.916. The maximum absolute atomic E-state index is 13.8. The Morgan fingerprint density at radius 1 is 0.952 bits per heavy atom. The molecule has 0 fully saturated rings. The van der Waals surface area contributed by atoms with Crippen LogP contribution in [0.25, 0.3) is 0 Å². The Bertz CT molecular complexity index is 599. The summed E-state index contributed by atoms with van der Waals surface area (Å²) in [7, 11) is 0. The predicted molar refractivity (Wildman–Crippen MR) is 82.2 cm³/mol. The minimum Gasteiger partial charge on any atom is -0.207 e. The molecule has 21 heavy (non-hydrogen) atoms. The number of alkyl halides is 1. The molecule has 2 atom stereocenters. The van der Waals surface area contributed by atoms with Gasteiger partial charge in [-0.2, -0.15) is 0 Å². The van der Waals surface area contributed by atoms with Crippen LogP contribution in [0.3, 0.4) is 0 Å². The molecule has 0 N–H and O–H groups in total. The van der Waals surface area contributed by atoms with E-state index in [0.29, 0.717) is 18.1 Å². The second-order valence-electron chi connectivity index (χ2n) is 5.12. The van der Waals surface area contributed by atoms with E-state index in [2.05, 4.69) is 29.8 Å². The van der Waals surface area contributed by atoms with Gasteiger partial charge in [-0.25, -0.2) is 13.2 Å². The number of hydrogen-bond acceptors (Lipinski definition) is 0. The fourth-order valence-corrected chi connectivity index (χ4v) is 2.93. The summed E-state index contributed by atoms with van der Waals surface area (Å²) in [6.07, 6.45) is 1.03. The summed E-state index contributed by atoms with van der Waals surface area (Å²) in [5.74, 6) is -2.26. The molecule has 0 radical (unpaired) electrons. The number of hydrogen-bond donors (Lipinski definition) is 0. The highest BCUT2D eigenvalue weighted by Crippen LogP contribution is 2.35. The minimum absolute atomic E-state index is 0.173. The predicted octanol–water partition coefficient (Wildman–Crippen LogP) is 6.10. The maximum atomic E-state index is 13.8. The monoisotopic (exact) mass is 356 g/mol. The Morgan fingerprint density at radius 2 is 1.43 bits per heavy atom. The van der Waals surface area contributed by atoms with Gasteiger partial charge in [-0.05, 0) is 23.5 Å². The van der Waals surface area contributed by atoms with Gasteiger partial charge in [0, 0.05) is 17.7 Å². The summed E-state index contributed by atoms with van der Waals surface area (Å²) in [5, 5.41) is 0. The van der Waals surface area contributed by atoms with Gasteiger partial charge < -0.3 is 0 Å². The van der Waals surface area contributed by atoms with Crippen LogP contribution in [0.2, 0.25) is 0 Å². The first kappa shape index (κ1) is 16.1. The van der Waals surface area contributed by atoms with Crippen molar-refractivity contribution in [2.75, 3.05) is 0 Å². The van der Waals surface area contributed by atoms with Gasteiger partial charge in [0.1, 0.15) is 17.5 Å². The topological polar surface area (TPSA) is 0 Å². The van der Waals surface area contributed by atoms with Crippen LogP contribution in [0.15, 0.2) is 36.4 Å². The van der Waals surface area contributed by atoms with Crippen molar-refractivity contribution in [1.29, 1.82) is 0 Å². The quantitative estimate of drug-likeness (QED) is 0.580. The second kappa shape index (κ2) is 6.65. The van der Waals surface area contributed by atoms with E-state index in [1.807, 2.05) is 24.3 Å². The average Bonchev–Trinajstić information content (AvgIpc) is 2.45. The molecule has 2 rings (SSSR count). The standard InChI is InChI=1S/C17H16BrF3/c1-3-10(2)11-4-6-12(7-5-11)17(18)16-14(20)8-13(19)9-15(16)21/h4-10,17H,3H2,1-2H3. The molecule has 0 amide bonds. The Labute approximate surface area is 131 Å². The van der Waals surface area contributed by atoms with E-state index >= 15 is 0 Å². The molecule has 2 unspecified atom stereocenters. The first-order valence-corrected chi connectivity index (χ1v) is 7.74. The summed E-state index contributed by atoms with van der Waals surface area (Å²) in [5.41, 5.74) is 1.74. The summed E-state index contributed by atoms with van der Waals surface area (Å²) in [4.78, 5) is -0.649. The van der Waals surface area contributed by atoms with Crippen molar-refractivity contribution >= 4 is 15.9 Å². The Kier molecular flexibility index (Phi) is 5.09. The molecule has 0 aliphatic carbocycles. The molecule has 0 saturated heterocycles. The zero-order valence-electron chi connectivity index (χ0n) is 11.8. The van der Waals surface area contributed by atoms with Crippen LogP contribution in [-0.4, -0.2) is 0 Å². The normalized spacial score (nSPS) is 14.0. The fourth-order valence-electron chi connectivity index (χ4n) is 2.19. The molecule has 0 spiro atoms. The largest absolute Gasteiger partial charge is 0.207 e. The molecule has 0 nitrogen and oxygen atoms in total. The van der Waals surface area contributed by atoms with Crippen LogP contribution < -0.4 is 0 Å². The van der Waals surface area contributed by atoms with Crippen LogP contribution >= 0.6 is 15.9 Å². The van der Waals surface area contributed by atoms with Crippen molar-refractivity contribution in [2.24, 2.45) is 0 Å². The van der Waals surface area contributed by atoms with Crippen molar-refractivity contribution in [3.8, 4) is 0 Å². The molecule has 0 heterocycles. The first-order chi connectivity index (χ1) is 9.93. The van der Waals surface area contributed by atoms with E-state index in [0.717, 1.165) is 12.0 Å². The van der Waals surface area contributed by atoms with Crippen molar-refractivity contribution in [3.63, 3.8) is 0 Å². The van der Waals surface area contributed by atoms with Gasteiger partial charge in [-0.3, -0.25) is 0 Å². The van der Waals surface area contributed by atoms with E-state index in [1.165, 1.54) is 5.56 Å². The Morgan fingerprint density at radius 3 is 1.90 bits per heavy atom. The van der Waals surface area contributed by atoms with Gasteiger partial charge in [-0.15, -0.1) is 0 Å². The Balaban J connectivity index is 2.34. The second-order valence-corrected chi connectivity index (χ2v) is 6.04. The van der Waals surface area contributed by atoms with E-state index < -0.39 is 22.3 Å². The van der Waals surface area contributed by atoms with E-state index in [-0.39, 0.29) is 5.56 Å². The smallest absolute Gasteiger partial charge is 0.133 e. The highest BCUT2D eigenvalue weighted by atomic mass is 79.9. The van der Waals surface area contributed by atoms with Gasteiger partial charge >= 0.3 is 0 Å². The lowest BCUT2D eigenvalue weighted by Crippen LogP contribution is -2.02. The van der Waals surface area contributed by atoms with Crippen LogP contribution in [0.1, 0.15) is 47.7 Å². The highest BCUT2D eigenvalue weighted by Gasteiger charge is 2.21. The van der Waals surface area contributed by atoms with Crippen LogP contribution in [0.4, 0.5) is 13.2 Å². The molecule has 0 bridgehead atoms. The van der Waals surface area contributed by atoms with Gasteiger partial charge in [-0.1, -0.05) is 54.0 Å². The maximum Gasteiger partial charge on any atom is 0.133 e. The molecule has 0 aromatic heterocycles. The molecule has 2 aromatic carbocycles. The Hall–Kier alpha value is -1.29. The van der Waals surface area contributed by atoms with Crippen LogP contribution in [-0.2, 0) is 0 Å². The lowest BCUT2D eigenvalue weighted by atomic mass is 9.96. The highest BCUT2D eigenvalue weighted by molar-refractivity contribution is 9.09. The van der Waals surface area contributed by atoms with E-state index in [9.17, 15) is 13.2 Å². The van der Waals surface area contributed by atoms with Crippen molar-refractivity contribution in [1.82, 2.24) is 0 Å². The van der Waals surface area contributed by atoms with Gasteiger partial charge in [0.2, 0.25) is 0 Å². The molecular weight excluding hydrogens is 341 g/mol. The van der Waals surface area contributed by atoms with E-state index in [4.69, 9.17) is 0 Å². The molecule has 2 aromatic rings. The SMILES string of the molecule is CCC(C)c1ccc(C(Br)c2c(F)cc(F)cc2F)cc1. The fraction of sp³-hybridized carbons (Fsp3) is 0.294. The van der Waals surface area contributed by atoms with Gasteiger partial charge in [0.05, 0.1) is 4.83 Å². The zero-order valence-corrected chi connectivity index (χ0v) is 13.4. The molecule has 0 aliphatic heterocycles. The van der Waals surface area contributed by atoms with Crippen molar-refractivity contribution in [2.45, 2.75) is 31.0 Å². The van der Waals surface area contributed by atoms with Gasteiger partial charge in [0.15, 0.2) is 0 Å². The van der Waals surface area contributed by atoms with Crippen molar-refractivity contribution < 1.29 is 13.2 Å². The van der Waals surface area contributed by atoms with E-state index in [1.54, 1.807) is 0 Å². The summed E-state index contributed by atoms with van der Waals surface area (Å²) in [6.45, 7) is 4.23. The summed E-state index contributed by atoms with van der Waals surface area (Å²) >= 11 is 3.30. The summed E-state index contributed by atoms with van der Waals surface area (Å²) < 4.78 is 40.6. The molecule has 4 heteroatoms. The third kappa shape index (κ3) is 3.49. The van der Waals surface area contributed by atoms with Crippen molar-refractivity contribution in [3.05, 3.63) is 70.5 Å². The zero-order chi connectivity index (χ0) is 15.6. The number of benzene rings is 2. The lowest BCUT2D eigenvalue weighted by molar-refractivity contribution is 0.527. The summed E-state index contributed by atoms with van der Waals surface area (Å²) in [6, 6.07) is 8.97. The number of halogens is 4. The molecule has 0 saturated carbocycles. The molecule has 0 aliphatic rings. The average molecular weight is 357 g/mol. The lowest BCUT2D eigenvalue weighted by Gasteiger charge is -2.15. The number of rotatable bonds is 4. The molecular formula is C17H16BrF3. The van der Waals surface area contributed by atoms with Crippen LogP contribution in [0, 0.1) is 17.5 Å². The van der Waals surface area contributed by atoms with Crippen LogP contribution in [0.5, 0.6) is 0 Å². The third-order valence-corrected chi connectivity index (χ3v) is 4.69. The molecule has 112 valence electrons.